The van der Waals surface area contributed by atoms with E-state index in [9.17, 15) is 18.0 Å². The Balaban J connectivity index is 1.78. The van der Waals surface area contributed by atoms with Crippen LogP contribution < -0.4 is 10.9 Å². The van der Waals surface area contributed by atoms with Crippen molar-refractivity contribution >= 4 is 43.4 Å². The van der Waals surface area contributed by atoms with Crippen molar-refractivity contribution in [3.05, 3.63) is 64.6 Å². The molecule has 0 atom stereocenters. The number of amides is 1. The highest BCUT2D eigenvalue weighted by atomic mass is 32.2. The lowest BCUT2D eigenvalue weighted by Gasteiger charge is -2.19. The van der Waals surface area contributed by atoms with E-state index in [0.29, 0.717) is 29.7 Å². The summed E-state index contributed by atoms with van der Waals surface area (Å²) >= 11 is 0. The largest absolute Gasteiger partial charge is 0.322 e. The van der Waals surface area contributed by atoms with Gasteiger partial charge in [0.05, 0.1) is 22.2 Å². The van der Waals surface area contributed by atoms with Crippen LogP contribution in [0.15, 0.2) is 58.4 Å². The third-order valence-corrected chi connectivity index (χ3v) is 7.15. The first-order chi connectivity index (χ1) is 14.8. The number of aromatic amines is 2. The van der Waals surface area contributed by atoms with Crippen LogP contribution >= 0.6 is 0 Å². The minimum atomic E-state index is -3.72. The molecular weight excluding hydrogens is 418 g/mol. The van der Waals surface area contributed by atoms with E-state index < -0.39 is 21.5 Å². The minimum Gasteiger partial charge on any atom is -0.322 e. The Hall–Kier alpha value is -3.50. The molecule has 0 spiro atoms. The molecule has 0 fully saturated rings. The third-order valence-electron chi connectivity index (χ3n) is 5.10. The van der Waals surface area contributed by atoms with Gasteiger partial charge in [0.15, 0.2) is 0 Å². The average molecular weight is 439 g/mol. The number of H-pyrrole nitrogens is 2. The van der Waals surface area contributed by atoms with Crippen LogP contribution in [0, 0.1) is 0 Å². The molecule has 0 aliphatic carbocycles. The van der Waals surface area contributed by atoms with Crippen molar-refractivity contribution in [1.29, 1.82) is 0 Å². The number of rotatable bonds is 6. The number of pyridine rings is 1. The van der Waals surface area contributed by atoms with Gasteiger partial charge in [-0.3, -0.25) is 14.7 Å². The van der Waals surface area contributed by atoms with Crippen molar-refractivity contribution in [3.63, 3.8) is 0 Å². The Labute approximate surface area is 178 Å². The molecule has 4 rings (SSSR count). The smallest absolute Gasteiger partial charge is 0.256 e. The molecule has 0 bridgehead atoms. The lowest BCUT2D eigenvalue weighted by Crippen LogP contribution is -2.30. The van der Waals surface area contributed by atoms with Crippen LogP contribution in [-0.4, -0.2) is 46.9 Å². The van der Waals surface area contributed by atoms with E-state index in [4.69, 9.17) is 0 Å². The maximum atomic E-state index is 13.0. The molecule has 0 radical (unpaired) electrons. The van der Waals surface area contributed by atoms with Crippen molar-refractivity contribution in [1.82, 2.24) is 19.5 Å². The van der Waals surface area contributed by atoms with E-state index in [0.717, 1.165) is 10.9 Å². The van der Waals surface area contributed by atoms with Crippen molar-refractivity contribution in [3.8, 4) is 0 Å². The van der Waals surface area contributed by atoms with Gasteiger partial charge in [0, 0.05) is 41.1 Å². The molecule has 10 heteroatoms. The van der Waals surface area contributed by atoms with Crippen LogP contribution in [0.3, 0.4) is 0 Å². The molecule has 3 N–H and O–H groups in total. The Kier molecular flexibility index (Phi) is 5.34. The zero-order valence-electron chi connectivity index (χ0n) is 17.0. The molecule has 0 aliphatic heterocycles. The van der Waals surface area contributed by atoms with E-state index in [2.05, 4.69) is 20.5 Å². The molecule has 4 aromatic rings. The average Bonchev–Trinajstić information content (AvgIpc) is 3.21. The number of fused-ring (bicyclic) bond motifs is 2. The number of carbonyl (C=O) groups is 1. The van der Waals surface area contributed by atoms with Crippen molar-refractivity contribution in [2.45, 2.75) is 18.7 Å². The summed E-state index contributed by atoms with van der Waals surface area (Å²) in [7, 11) is -3.72. The van der Waals surface area contributed by atoms with E-state index >= 15 is 0 Å². The Morgan fingerprint density at radius 3 is 2.55 bits per heavy atom. The summed E-state index contributed by atoms with van der Waals surface area (Å²) in [5.41, 5.74) is 1.36. The predicted molar refractivity (Wildman–Crippen MR) is 119 cm³/mol. The van der Waals surface area contributed by atoms with Gasteiger partial charge in [-0.05, 0) is 36.4 Å². The van der Waals surface area contributed by atoms with Crippen LogP contribution in [0.5, 0.6) is 0 Å². The molecule has 0 saturated heterocycles. The fourth-order valence-corrected chi connectivity index (χ4v) is 5.00. The van der Waals surface area contributed by atoms with Gasteiger partial charge in [0.2, 0.25) is 15.6 Å². The van der Waals surface area contributed by atoms with Crippen LogP contribution in [-0.2, 0) is 10.0 Å². The van der Waals surface area contributed by atoms with Crippen LogP contribution in [0.25, 0.3) is 21.8 Å². The minimum absolute atomic E-state index is 0.0598. The fraction of sp³-hybridized carbons (Fsp3) is 0.190. The monoisotopic (exact) mass is 439 g/mol. The zero-order valence-corrected chi connectivity index (χ0v) is 17.8. The van der Waals surface area contributed by atoms with Gasteiger partial charge in [-0.2, -0.15) is 9.40 Å². The number of hydrogen-bond donors (Lipinski definition) is 3. The van der Waals surface area contributed by atoms with Gasteiger partial charge in [0.1, 0.15) is 0 Å². The summed E-state index contributed by atoms with van der Waals surface area (Å²) in [4.78, 5) is 27.8. The normalized spacial score (nSPS) is 12.0. The summed E-state index contributed by atoms with van der Waals surface area (Å²) < 4.78 is 27.2. The van der Waals surface area contributed by atoms with E-state index in [1.54, 1.807) is 38.2 Å². The second-order valence-electron chi connectivity index (χ2n) is 6.97. The maximum Gasteiger partial charge on any atom is 0.256 e. The molecule has 31 heavy (non-hydrogen) atoms. The van der Waals surface area contributed by atoms with Gasteiger partial charge in [0.25, 0.3) is 5.91 Å². The number of benzene rings is 2. The molecular formula is C21H21N5O4S. The lowest BCUT2D eigenvalue weighted by molar-refractivity contribution is 0.102. The first kappa shape index (κ1) is 20.8. The number of anilines is 1. The van der Waals surface area contributed by atoms with E-state index in [1.807, 2.05) is 0 Å². The number of sulfonamides is 1. The predicted octanol–water partition coefficient (Wildman–Crippen LogP) is 2.69. The highest BCUT2D eigenvalue weighted by Crippen LogP contribution is 2.24. The summed E-state index contributed by atoms with van der Waals surface area (Å²) in [6.07, 6.45) is 1.64. The SMILES string of the molecule is CCN(CC)S(=O)(=O)c1ccc2[nH]c(=O)cc(C(=O)Nc3ccc4[nH]ncc4c3)c2c1. The highest BCUT2D eigenvalue weighted by Gasteiger charge is 2.23. The van der Waals surface area contributed by atoms with Gasteiger partial charge in [-0.25, -0.2) is 8.42 Å². The van der Waals surface area contributed by atoms with Crippen molar-refractivity contribution in [2.24, 2.45) is 0 Å². The Morgan fingerprint density at radius 2 is 1.81 bits per heavy atom. The Morgan fingerprint density at radius 1 is 1.06 bits per heavy atom. The van der Waals surface area contributed by atoms with Crippen LogP contribution in [0.1, 0.15) is 24.2 Å². The molecule has 9 nitrogen and oxygen atoms in total. The molecule has 0 unspecified atom stereocenters. The first-order valence-electron chi connectivity index (χ1n) is 9.75. The number of nitrogens with one attached hydrogen (secondary N) is 3. The number of aromatic nitrogens is 3. The fourth-order valence-electron chi connectivity index (χ4n) is 3.51. The standard InChI is InChI=1S/C21H21N5O4S/c1-3-26(4-2)31(29,30)15-6-8-19-16(10-15)17(11-20(27)24-19)21(28)23-14-5-7-18-13(9-14)12-22-25-18/h5-12H,3-4H2,1-2H3,(H,22,25)(H,23,28)(H,24,27). The Bertz CT molecular complexity index is 1450. The third kappa shape index (κ3) is 3.82. The zero-order chi connectivity index (χ0) is 22.2. The number of hydrogen-bond acceptors (Lipinski definition) is 5. The second-order valence-corrected chi connectivity index (χ2v) is 8.91. The summed E-state index contributed by atoms with van der Waals surface area (Å²) in [5, 5.41) is 10.7. The molecule has 2 aromatic carbocycles. The highest BCUT2D eigenvalue weighted by molar-refractivity contribution is 7.89. The first-order valence-corrected chi connectivity index (χ1v) is 11.2. The van der Waals surface area contributed by atoms with E-state index in [1.165, 1.54) is 28.6 Å². The molecule has 0 aliphatic rings. The molecule has 0 saturated carbocycles. The molecule has 160 valence electrons. The van der Waals surface area contributed by atoms with Crippen molar-refractivity contribution in [2.75, 3.05) is 18.4 Å². The quantitative estimate of drug-likeness (QED) is 0.426. The molecule has 2 heterocycles. The van der Waals surface area contributed by atoms with Gasteiger partial charge < -0.3 is 10.3 Å². The van der Waals surface area contributed by atoms with Gasteiger partial charge in [-0.15, -0.1) is 0 Å². The van der Waals surface area contributed by atoms with Gasteiger partial charge >= 0.3 is 0 Å². The molecule has 2 aromatic heterocycles. The maximum absolute atomic E-state index is 13.0. The summed E-state index contributed by atoms with van der Waals surface area (Å²) in [6, 6.07) is 10.8. The number of carbonyl (C=O) groups excluding carboxylic acids is 1. The van der Waals surface area contributed by atoms with Crippen molar-refractivity contribution < 1.29 is 13.2 Å². The van der Waals surface area contributed by atoms with Crippen LogP contribution in [0.4, 0.5) is 5.69 Å². The van der Waals surface area contributed by atoms with E-state index in [-0.39, 0.29) is 10.5 Å². The van der Waals surface area contributed by atoms with Gasteiger partial charge in [-0.1, -0.05) is 13.8 Å². The number of nitrogens with zero attached hydrogens (tertiary/aromatic N) is 2. The summed E-state index contributed by atoms with van der Waals surface area (Å²) in [6.45, 7) is 4.17. The summed E-state index contributed by atoms with van der Waals surface area (Å²) in [5.74, 6) is -0.517. The lowest BCUT2D eigenvalue weighted by atomic mass is 10.1. The topological polar surface area (TPSA) is 128 Å². The second kappa shape index (κ2) is 7.97. The van der Waals surface area contributed by atoms with Crippen LogP contribution in [0.2, 0.25) is 0 Å². The molecule has 1 amide bonds.